The van der Waals surface area contributed by atoms with Gasteiger partial charge in [0.05, 0.1) is 48.7 Å². The first kappa shape index (κ1) is 48.2. The van der Waals surface area contributed by atoms with Gasteiger partial charge in [0.15, 0.2) is 0 Å². The molecule has 0 radical (unpaired) electrons. The second-order valence-corrected chi connectivity index (χ2v) is 19.6. The molecule has 0 aromatic heterocycles. The third-order valence-electron chi connectivity index (χ3n) is 13.3. The fourth-order valence-corrected chi connectivity index (χ4v) is 11.4. The highest BCUT2D eigenvalue weighted by Gasteiger charge is 2.43. The fourth-order valence-electron chi connectivity index (χ4n) is 9.88. The minimum Gasteiger partial charge on any atom is -0.460 e. The first-order valence-electron chi connectivity index (χ1n) is 24.2. The lowest BCUT2D eigenvalue weighted by atomic mass is 10.00. The van der Waals surface area contributed by atoms with Gasteiger partial charge in [0, 0.05) is 29.4 Å². The number of hydrogen-bond donors (Lipinski definition) is 4. The number of amides is 2. The standard InChI is InChI=1S/C47H80N2O9S/c1-3-4-5-6-7-12-15-18-23-39(58-44(52)25-20-19-24-43-45-36(32-59-43)48-47(54)49-45)40-28-29-42(57-40)41-27-26-38(56-41)37(51)22-17-14-11-9-8-10-13-16-21-35(50)31-34-30-33(2)55-46(34)53/h30,33,35-43,45,50-51H,3-29,31-32H2,1-2H3,(H2,48,49,54)/t33-,35+,36-,37+,38+,39-,40+,41+,42+,43-,45-/m0/s1. The Morgan fingerprint density at radius 1 is 0.780 bits per heavy atom. The van der Waals surface area contributed by atoms with Crippen molar-refractivity contribution < 1.29 is 43.5 Å². The van der Waals surface area contributed by atoms with Crippen LogP contribution in [0.3, 0.4) is 0 Å². The van der Waals surface area contributed by atoms with Crippen LogP contribution in [0.2, 0.25) is 0 Å². The van der Waals surface area contributed by atoms with Crippen LogP contribution in [0.25, 0.3) is 0 Å². The monoisotopic (exact) mass is 849 g/mol. The molecule has 0 bridgehead atoms. The van der Waals surface area contributed by atoms with Crippen LogP contribution in [0.4, 0.5) is 4.79 Å². The van der Waals surface area contributed by atoms with E-state index in [1.807, 2.05) is 24.8 Å². The molecule has 0 spiro atoms. The second-order valence-electron chi connectivity index (χ2n) is 18.4. The second kappa shape index (κ2) is 26.6. The Morgan fingerprint density at radius 2 is 1.39 bits per heavy atom. The SMILES string of the molecule is CCCCCCCCCC[C@H](OC(=O)CCCC[C@@H]1SC[C@@H]2NC(=O)N[C@@H]21)[C@H]1CC[C@H]([C@H]2CC[C@H]([C@H](O)CCCCCCCCCC[C@@H](O)CC3=C[C@H](C)OC3=O)O2)O1. The summed E-state index contributed by atoms with van der Waals surface area (Å²) in [7, 11) is 0. The molecule has 0 unspecified atom stereocenters. The van der Waals surface area contributed by atoms with Crippen molar-refractivity contribution in [3.05, 3.63) is 11.6 Å². The van der Waals surface area contributed by atoms with Gasteiger partial charge in [-0.1, -0.05) is 110 Å². The number of esters is 2. The van der Waals surface area contributed by atoms with Crippen LogP contribution in [-0.2, 0) is 28.5 Å². The molecule has 0 aromatic carbocycles. The van der Waals surface area contributed by atoms with Crippen LogP contribution < -0.4 is 10.6 Å². The van der Waals surface area contributed by atoms with E-state index in [1.54, 1.807) is 0 Å². The van der Waals surface area contributed by atoms with Crippen molar-refractivity contribution in [1.82, 2.24) is 10.6 Å². The number of carbonyl (C=O) groups is 3. The lowest BCUT2D eigenvalue weighted by molar-refractivity contribution is -0.161. The maximum Gasteiger partial charge on any atom is 0.334 e. The van der Waals surface area contributed by atoms with E-state index in [4.69, 9.17) is 18.9 Å². The van der Waals surface area contributed by atoms with Gasteiger partial charge in [-0.05, 0) is 77.2 Å². The summed E-state index contributed by atoms with van der Waals surface area (Å²) >= 11 is 1.92. The topological polar surface area (TPSA) is 153 Å². The summed E-state index contributed by atoms with van der Waals surface area (Å²) in [4.78, 5) is 36.7. The molecule has 2 amide bonds. The first-order chi connectivity index (χ1) is 28.7. The van der Waals surface area contributed by atoms with Gasteiger partial charge < -0.3 is 39.8 Å². The van der Waals surface area contributed by atoms with Crippen LogP contribution in [0.15, 0.2) is 11.6 Å². The van der Waals surface area contributed by atoms with Gasteiger partial charge in [-0.2, -0.15) is 11.8 Å². The van der Waals surface area contributed by atoms with Crippen LogP contribution in [0.5, 0.6) is 0 Å². The van der Waals surface area contributed by atoms with Gasteiger partial charge in [-0.25, -0.2) is 9.59 Å². The Labute approximate surface area is 360 Å². The zero-order valence-corrected chi connectivity index (χ0v) is 37.4. The minimum atomic E-state index is -0.481. The van der Waals surface area contributed by atoms with Gasteiger partial charge in [0.25, 0.3) is 0 Å². The summed E-state index contributed by atoms with van der Waals surface area (Å²) in [6, 6.07) is 0.366. The van der Waals surface area contributed by atoms with Gasteiger partial charge in [0.1, 0.15) is 12.2 Å². The Bertz CT molecular complexity index is 1290. The quantitative estimate of drug-likeness (QED) is 0.0302. The van der Waals surface area contributed by atoms with Gasteiger partial charge in [-0.15, -0.1) is 0 Å². The van der Waals surface area contributed by atoms with Gasteiger partial charge in [0.2, 0.25) is 0 Å². The van der Waals surface area contributed by atoms with E-state index in [-0.39, 0.29) is 66.7 Å². The Balaban J connectivity index is 0.926. The number of aliphatic hydroxyl groups excluding tert-OH is 2. The summed E-state index contributed by atoms with van der Waals surface area (Å²) in [5.74, 6) is 0.537. The van der Waals surface area contributed by atoms with Gasteiger partial charge in [-0.3, -0.25) is 4.79 Å². The molecule has 11 atom stereocenters. The van der Waals surface area contributed by atoms with Crippen molar-refractivity contribution in [2.75, 3.05) is 5.75 Å². The number of cyclic esters (lactones) is 1. The van der Waals surface area contributed by atoms with E-state index >= 15 is 0 Å². The molecule has 59 heavy (non-hydrogen) atoms. The molecular weight excluding hydrogens is 769 g/mol. The zero-order valence-electron chi connectivity index (χ0n) is 36.6. The van der Waals surface area contributed by atoms with Crippen LogP contribution >= 0.6 is 11.8 Å². The molecular formula is C47H80N2O9S. The van der Waals surface area contributed by atoms with Crippen molar-refractivity contribution in [2.24, 2.45) is 0 Å². The van der Waals surface area contributed by atoms with Crippen molar-refractivity contribution >= 4 is 29.7 Å². The Kier molecular flexibility index (Phi) is 21.7. The Hall–Kier alpha value is -1.86. The molecule has 4 saturated heterocycles. The van der Waals surface area contributed by atoms with E-state index in [9.17, 15) is 24.6 Å². The third-order valence-corrected chi connectivity index (χ3v) is 14.9. The van der Waals surface area contributed by atoms with Gasteiger partial charge >= 0.3 is 18.0 Å². The number of thioether (sulfide) groups is 1. The number of carbonyl (C=O) groups excluding carboxylic acids is 3. The number of unbranched alkanes of at least 4 members (excludes halogenated alkanes) is 15. The van der Waals surface area contributed by atoms with E-state index in [1.165, 1.54) is 57.8 Å². The molecule has 5 heterocycles. The highest BCUT2D eigenvalue weighted by molar-refractivity contribution is 8.00. The van der Waals surface area contributed by atoms with Crippen LogP contribution in [0.1, 0.15) is 194 Å². The summed E-state index contributed by atoms with van der Waals surface area (Å²) in [6.45, 7) is 4.09. The molecule has 11 nitrogen and oxygen atoms in total. The van der Waals surface area contributed by atoms with Crippen molar-refractivity contribution in [2.45, 2.75) is 260 Å². The lowest BCUT2D eigenvalue weighted by Crippen LogP contribution is -2.36. The number of urea groups is 1. The number of fused-ring (bicyclic) bond motifs is 1. The highest BCUT2D eigenvalue weighted by atomic mass is 32.2. The smallest absolute Gasteiger partial charge is 0.334 e. The van der Waals surface area contributed by atoms with Crippen LogP contribution in [0, 0.1) is 0 Å². The first-order valence-corrected chi connectivity index (χ1v) is 25.2. The molecule has 4 fully saturated rings. The van der Waals surface area contributed by atoms with Crippen LogP contribution in [-0.4, -0.2) is 100 Å². The van der Waals surface area contributed by atoms with Crippen molar-refractivity contribution in [1.29, 1.82) is 0 Å². The number of hydrogen-bond acceptors (Lipinski definition) is 10. The molecule has 0 aromatic rings. The minimum absolute atomic E-state index is 0.0202. The molecule has 0 saturated carbocycles. The predicted octanol–water partition coefficient (Wildman–Crippen LogP) is 9.13. The largest absolute Gasteiger partial charge is 0.460 e. The number of rotatable bonds is 31. The maximum absolute atomic E-state index is 13.2. The molecule has 5 aliphatic rings. The number of aliphatic hydroxyl groups is 2. The summed E-state index contributed by atoms with van der Waals surface area (Å²) in [5, 5.41) is 27.8. The van der Waals surface area contributed by atoms with E-state index in [0.717, 1.165) is 108 Å². The predicted molar refractivity (Wildman–Crippen MR) is 233 cm³/mol. The number of ether oxygens (including phenoxy) is 4. The summed E-state index contributed by atoms with van der Waals surface area (Å²) in [5.41, 5.74) is 0.608. The molecule has 5 rings (SSSR count). The molecule has 5 aliphatic heterocycles. The average molecular weight is 849 g/mol. The molecule has 12 heteroatoms. The summed E-state index contributed by atoms with van der Waals surface area (Å²) in [6.07, 6.45) is 28.3. The highest BCUT2D eigenvalue weighted by Crippen LogP contribution is 2.36. The third kappa shape index (κ3) is 16.7. The maximum atomic E-state index is 13.2. The van der Waals surface area contributed by atoms with Crippen molar-refractivity contribution in [3.63, 3.8) is 0 Å². The normalized spacial score (nSPS) is 29.2. The number of nitrogens with one attached hydrogen (secondary N) is 2. The molecule has 4 N–H and O–H groups in total. The molecule has 0 aliphatic carbocycles. The van der Waals surface area contributed by atoms with Crippen molar-refractivity contribution in [3.8, 4) is 0 Å². The lowest BCUT2D eigenvalue weighted by Gasteiger charge is -2.26. The average Bonchev–Trinajstić information content (AvgIpc) is 4.06. The van der Waals surface area contributed by atoms with E-state index in [2.05, 4.69) is 17.6 Å². The summed E-state index contributed by atoms with van der Waals surface area (Å²) < 4.78 is 24.4. The zero-order chi connectivity index (χ0) is 41.8. The Morgan fingerprint density at radius 3 is 2.05 bits per heavy atom. The van der Waals surface area contributed by atoms with E-state index < -0.39 is 12.2 Å². The molecule has 338 valence electrons. The fraction of sp³-hybridized carbons (Fsp3) is 0.894. The van der Waals surface area contributed by atoms with E-state index in [0.29, 0.717) is 30.1 Å².